The van der Waals surface area contributed by atoms with Crippen molar-refractivity contribution in [1.82, 2.24) is 10.6 Å². The van der Waals surface area contributed by atoms with Crippen molar-refractivity contribution in [1.29, 1.82) is 0 Å². The Hall–Kier alpha value is -0.780. The zero-order valence-electron chi connectivity index (χ0n) is 11.0. The van der Waals surface area contributed by atoms with E-state index in [9.17, 15) is 18.0 Å². The van der Waals surface area contributed by atoms with E-state index in [-0.39, 0.29) is 32.0 Å². The van der Waals surface area contributed by atoms with Crippen molar-refractivity contribution < 1.29 is 18.0 Å². The summed E-state index contributed by atoms with van der Waals surface area (Å²) in [6.45, 7) is 6.07. The lowest BCUT2D eigenvalue weighted by atomic mass is 9.85. The lowest BCUT2D eigenvalue weighted by Gasteiger charge is -2.30. The molecular formula is C12H21F3N2O. The normalized spacial score (nSPS) is 26.4. The van der Waals surface area contributed by atoms with Gasteiger partial charge >= 0.3 is 6.18 Å². The monoisotopic (exact) mass is 266 g/mol. The van der Waals surface area contributed by atoms with Gasteiger partial charge in [-0.2, -0.15) is 13.2 Å². The van der Waals surface area contributed by atoms with Crippen molar-refractivity contribution >= 4 is 5.91 Å². The number of rotatable bonds is 4. The molecule has 0 bridgehead atoms. The lowest BCUT2D eigenvalue weighted by molar-refractivity contribution is -0.216. The Labute approximate surface area is 106 Å². The molecular weight excluding hydrogens is 245 g/mol. The van der Waals surface area contributed by atoms with Crippen LogP contribution in [0.1, 0.15) is 27.2 Å². The first-order valence-corrected chi connectivity index (χ1v) is 6.26. The van der Waals surface area contributed by atoms with Gasteiger partial charge in [0.25, 0.3) is 0 Å². The van der Waals surface area contributed by atoms with E-state index in [0.29, 0.717) is 5.92 Å². The SMILES string of the molecule is CC(C)C(C)CNC(=O)C1(C(F)(F)F)CCNC1. The van der Waals surface area contributed by atoms with Gasteiger partial charge in [-0.3, -0.25) is 4.79 Å². The van der Waals surface area contributed by atoms with Crippen LogP contribution in [0.2, 0.25) is 0 Å². The molecule has 0 aliphatic carbocycles. The third-order valence-electron chi connectivity index (χ3n) is 3.86. The minimum absolute atomic E-state index is 0.161. The molecule has 1 amide bonds. The number of carbonyl (C=O) groups is 1. The molecule has 18 heavy (non-hydrogen) atoms. The smallest absolute Gasteiger partial charge is 0.355 e. The van der Waals surface area contributed by atoms with E-state index < -0.39 is 17.5 Å². The predicted octanol–water partition coefficient (Wildman–Crippen LogP) is 1.94. The van der Waals surface area contributed by atoms with Gasteiger partial charge in [0.15, 0.2) is 5.41 Å². The van der Waals surface area contributed by atoms with Crippen molar-refractivity contribution in [2.75, 3.05) is 19.6 Å². The Kier molecular flexibility index (Phi) is 4.64. The highest BCUT2D eigenvalue weighted by molar-refractivity contribution is 5.84. The number of halogens is 3. The summed E-state index contributed by atoms with van der Waals surface area (Å²) in [5, 5.41) is 5.08. The van der Waals surface area contributed by atoms with Crippen molar-refractivity contribution in [2.24, 2.45) is 17.3 Å². The number of hydrogen-bond acceptors (Lipinski definition) is 2. The molecule has 1 fully saturated rings. The van der Waals surface area contributed by atoms with Crippen LogP contribution in [-0.4, -0.2) is 31.7 Å². The van der Waals surface area contributed by atoms with Crippen LogP contribution in [0.4, 0.5) is 13.2 Å². The van der Waals surface area contributed by atoms with Gasteiger partial charge in [0.2, 0.25) is 5.91 Å². The van der Waals surface area contributed by atoms with Gasteiger partial charge in [-0.1, -0.05) is 20.8 Å². The summed E-state index contributed by atoms with van der Waals surface area (Å²) in [6.07, 6.45) is -4.68. The molecule has 1 saturated heterocycles. The summed E-state index contributed by atoms with van der Waals surface area (Å²) in [4.78, 5) is 11.9. The topological polar surface area (TPSA) is 41.1 Å². The minimum Gasteiger partial charge on any atom is -0.355 e. The number of alkyl halides is 3. The third kappa shape index (κ3) is 2.96. The predicted molar refractivity (Wildman–Crippen MR) is 63.0 cm³/mol. The third-order valence-corrected chi connectivity index (χ3v) is 3.86. The van der Waals surface area contributed by atoms with Crippen molar-refractivity contribution in [3.05, 3.63) is 0 Å². The van der Waals surface area contributed by atoms with Crippen molar-refractivity contribution in [3.8, 4) is 0 Å². The van der Waals surface area contributed by atoms with Gasteiger partial charge in [-0.05, 0) is 24.8 Å². The number of hydrogen-bond donors (Lipinski definition) is 2. The Bertz CT molecular complexity index is 296. The summed E-state index contributed by atoms with van der Waals surface area (Å²) >= 11 is 0. The molecule has 1 aliphatic rings. The molecule has 0 aromatic heterocycles. The molecule has 0 saturated carbocycles. The highest BCUT2D eigenvalue weighted by atomic mass is 19.4. The van der Waals surface area contributed by atoms with E-state index in [0.717, 1.165) is 0 Å². The van der Waals surface area contributed by atoms with E-state index in [1.807, 2.05) is 20.8 Å². The molecule has 2 atom stereocenters. The largest absolute Gasteiger partial charge is 0.404 e. The summed E-state index contributed by atoms with van der Waals surface area (Å²) < 4.78 is 39.1. The van der Waals surface area contributed by atoms with Gasteiger partial charge in [0.1, 0.15) is 0 Å². The van der Waals surface area contributed by atoms with Crippen LogP contribution in [-0.2, 0) is 4.79 Å². The van der Waals surface area contributed by atoms with Gasteiger partial charge in [0, 0.05) is 13.1 Å². The molecule has 0 aromatic carbocycles. The Morgan fingerprint density at radius 3 is 2.39 bits per heavy atom. The van der Waals surface area contributed by atoms with Crippen molar-refractivity contribution in [2.45, 2.75) is 33.4 Å². The van der Waals surface area contributed by atoms with Crippen LogP contribution in [0.3, 0.4) is 0 Å². The number of carbonyl (C=O) groups excluding carboxylic acids is 1. The second-order valence-corrected chi connectivity index (χ2v) is 5.44. The number of nitrogens with one attached hydrogen (secondary N) is 2. The second-order valence-electron chi connectivity index (χ2n) is 5.44. The van der Waals surface area contributed by atoms with Crippen molar-refractivity contribution in [3.63, 3.8) is 0 Å². The molecule has 2 unspecified atom stereocenters. The van der Waals surface area contributed by atoms with E-state index in [2.05, 4.69) is 10.6 Å². The van der Waals surface area contributed by atoms with Gasteiger partial charge < -0.3 is 10.6 Å². The first kappa shape index (κ1) is 15.3. The standard InChI is InChI=1S/C12H21F3N2O/c1-8(2)9(3)6-17-10(18)11(12(13,14)15)4-5-16-7-11/h8-9,16H,4-7H2,1-3H3,(H,17,18). The van der Waals surface area contributed by atoms with Gasteiger partial charge in [-0.15, -0.1) is 0 Å². The quantitative estimate of drug-likeness (QED) is 0.816. The number of amides is 1. The Morgan fingerprint density at radius 1 is 1.39 bits per heavy atom. The van der Waals surface area contributed by atoms with Crippen LogP contribution in [0.5, 0.6) is 0 Å². The van der Waals surface area contributed by atoms with Crippen LogP contribution in [0.25, 0.3) is 0 Å². The molecule has 0 spiro atoms. The maximum Gasteiger partial charge on any atom is 0.404 e. The summed E-state index contributed by atoms with van der Waals surface area (Å²) in [6, 6.07) is 0. The molecule has 1 aliphatic heterocycles. The fraction of sp³-hybridized carbons (Fsp3) is 0.917. The fourth-order valence-corrected chi connectivity index (χ4v) is 1.92. The zero-order chi connectivity index (χ0) is 14.0. The Morgan fingerprint density at radius 2 is 2.00 bits per heavy atom. The van der Waals surface area contributed by atoms with E-state index in [4.69, 9.17) is 0 Å². The van der Waals surface area contributed by atoms with Crippen LogP contribution < -0.4 is 10.6 Å². The molecule has 3 nitrogen and oxygen atoms in total. The minimum atomic E-state index is -4.50. The first-order valence-electron chi connectivity index (χ1n) is 6.26. The highest BCUT2D eigenvalue weighted by Gasteiger charge is 2.61. The maximum atomic E-state index is 13.0. The van der Waals surface area contributed by atoms with E-state index in [1.54, 1.807) is 0 Å². The maximum absolute atomic E-state index is 13.0. The molecule has 0 radical (unpaired) electrons. The van der Waals surface area contributed by atoms with E-state index in [1.165, 1.54) is 0 Å². The summed E-state index contributed by atoms with van der Waals surface area (Å²) in [5.74, 6) is -0.407. The average molecular weight is 266 g/mol. The summed E-state index contributed by atoms with van der Waals surface area (Å²) in [7, 11) is 0. The molecule has 0 aromatic rings. The molecule has 6 heteroatoms. The average Bonchev–Trinajstić information content (AvgIpc) is 2.74. The zero-order valence-corrected chi connectivity index (χ0v) is 11.0. The van der Waals surface area contributed by atoms with E-state index >= 15 is 0 Å². The van der Waals surface area contributed by atoms with Gasteiger partial charge in [-0.25, -0.2) is 0 Å². The summed E-state index contributed by atoms with van der Waals surface area (Å²) in [5.41, 5.74) is -2.25. The Balaban J connectivity index is 2.68. The fourth-order valence-electron chi connectivity index (χ4n) is 1.92. The van der Waals surface area contributed by atoms with Crippen LogP contribution in [0.15, 0.2) is 0 Å². The molecule has 1 rings (SSSR count). The van der Waals surface area contributed by atoms with Gasteiger partial charge in [0.05, 0.1) is 0 Å². The second kappa shape index (κ2) is 5.47. The molecule has 1 heterocycles. The lowest BCUT2D eigenvalue weighted by Crippen LogP contribution is -2.53. The first-order chi connectivity index (χ1) is 8.21. The molecule has 2 N–H and O–H groups in total. The van der Waals surface area contributed by atoms with Crippen LogP contribution in [0, 0.1) is 17.3 Å². The highest BCUT2D eigenvalue weighted by Crippen LogP contribution is 2.43. The van der Waals surface area contributed by atoms with Crippen LogP contribution >= 0.6 is 0 Å². The molecule has 106 valence electrons.